The third kappa shape index (κ3) is 2.13. The molecule has 20 heavy (non-hydrogen) atoms. The second kappa shape index (κ2) is 4.86. The lowest BCUT2D eigenvalue weighted by molar-refractivity contribution is 0.756. The van der Waals surface area contributed by atoms with Gasteiger partial charge in [-0.2, -0.15) is 5.10 Å². The summed E-state index contributed by atoms with van der Waals surface area (Å²) in [5.41, 5.74) is 3.46. The zero-order chi connectivity index (χ0) is 14.4. The molecule has 104 valence electrons. The Kier molecular flexibility index (Phi) is 3.30. The van der Waals surface area contributed by atoms with Crippen LogP contribution < -0.4 is 0 Å². The molecule has 0 aliphatic carbocycles. The molecule has 7 heteroatoms. The third-order valence-electron chi connectivity index (χ3n) is 3.07. The maximum atomic E-state index is 6.28. The van der Waals surface area contributed by atoms with E-state index in [2.05, 4.69) is 31.0 Å². The van der Waals surface area contributed by atoms with Crippen molar-refractivity contribution in [2.75, 3.05) is 0 Å². The minimum absolute atomic E-state index is 0.220. The number of pyridine rings is 1. The molecule has 0 radical (unpaired) electrons. The first-order chi connectivity index (χ1) is 9.47. The summed E-state index contributed by atoms with van der Waals surface area (Å²) >= 11 is 9.70. The molecule has 0 amide bonds. The van der Waals surface area contributed by atoms with Crippen molar-refractivity contribution < 1.29 is 0 Å². The summed E-state index contributed by atoms with van der Waals surface area (Å²) in [5.74, 6) is 0.767. The van der Waals surface area contributed by atoms with E-state index in [1.165, 1.54) is 0 Å². The molecule has 1 atom stereocenters. The molecule has 0 aromatic carbocycles. The number of hydrogen-bond acceptors (Lipinski definition) is 3. The number of aryl methyl sites for hydroxylation is 2. The van der Waals surface area contributed by atoms with Crippen LogP contribution in [0.2, 0.25) is 0 Å². The molecule has 0 saturated carbocycles. The van der Waals surface area contributed by atoms with Crippen molar-refractivity contribution in [3.8, 4) is 5.69 Å². The minimum atomic E-state index is -0.220. The normalized spacial score (nSPS) is 13.1. The largest absolute Gasteiger partial charge is 0.276 e. The van der Waals surface area contributed by atoms with Crippen molar-refractivity contribution in [1.82, 2.24) is 24.3 Å². The molecule has 5 nitrogen and oxygen atoms in total. The van der Waals surface area contributed by atoms with Crippen molar-refractivity contribution in [1.29, 1.82) is 0 Å². The van der Waals surface area contributed by atoms with Gasteiger partial charge >= 0.3 is 0 Å². The SMILES string of the molecule is Cc1nn(C)cc1-n1c(C(C)Cl)nc2cc(Br)cnc21. The number of halogens is 2. The summed E-state index contributed by atoms with van der Waals surface area (Å²) in [6.07, 6.45) is 3.71. The van der Waals surface area contributed by atoms with Gasteiger partial charge < -0.3 is 0 Å². The Hall–Kier alpha value is -1.40. The van der Waals surface area contributed by atoms with Crippen molar-refractivity contribution in [3.63, 3.8) is 0 Å². The topological polar surface area (TPSA) is 48.5 Å². The van der Waals surface area contributed by atoms with E-state index in [0.717, 1.165) is 32.8 Å². The lowest BCUT2D eigenvalue weighted by Crippen LogP contribution is -2.03. The number of nitrogens with zero attached hydrogens (tertiary/aromatic N) is 5. The van der Waals surface area contributed by atoms with Crippen LogP contribution in [0.3, 0.4) is 0 Å². The summed E-state index contributed by atoms with van der Waals surface area (Å²) in [4.78, 5) is 9.07. The average Bonchev–Trinajstić information content (AvgIpc) is 2.88. The Morgan fingerprint density at radius 1 is 1.40 bits per heavy atom. The molecule has 1 unspecified atom stereocenters. The molecular formula is C13H13BrClN5. The first-order valence-corrected chi connectivity index (χ1v) is 7.39. The highest BCUT2D eigenvalue weighted by Gasteiger charge is 2.20. The molecule has 3 aromatic heterocycles. The summed E-state index contributed by atoms with van der Waals surface area (Å²) < 4.78 is 4.64. The fourth-order valence-electron chi connectivity index (χ4n) is 2.27. The van der Waals surface area contributed by atoms with Gasteiger partial charge in [0.15, 0.2) is 5.65 Å². The van der Waals surface area contributed by atoms with Gasteiger partial charge in [0.1, 0.15) is 11.3 Å². The fourth-order valence-corrected chi connectivity index (χ4v) is 2.73. The van der Waals surface area contributed by atoms with Gasteiger partial charge in [0.25, 0.3) is 0 Å². The van der Waals surface area contributed by atoms with Crippen molar-refractivity contribution in [2.24, 2.45) is 7.05 Å². The van der Waals surface area contributed by atoms with E-state index in [4.69, 9.17) is 11.6 Å². The van der Waals surface area contributed by atoms with Gasteiger partial charge in [-0.3, -0.25) is 9.25 Å². The van der Waals surface area contributed by atoms with Gasteiger partial charge in [-0.25, -0.2) is 9.97 Å². The fraction of sp³-hybridized carbons (Fsp3) is 0.308. The van der Waals surface area contributed by atoms with Crippen LogP contribution in [0.15, 0.2) is 22.9 Å². The van der Waals surface area contributed by atoms with Gasteiger partial charge in [-0.15, -0.1) is 11.6 Å². The highest BCUT2D eigenvalue weighted by Crippen LogP contribution is 2.29. The first-order valence-electron chi connectivity index (χ1n) is 6.16. The molecule has 0 N–H and O–H groups in total. The van der Waals surface area contributed by atoms with E-state index in [-0.39, 0.29) is 5.38 Å². The summed E-state index contributed by atoms with van der Waals surface area (Å²) in [7, 11) is 1.89. The minimum Gasteiger partial charge on any atom is -0.276 e. The number of aromatic nitrogens is 5. The molecule has 0 aliphatic heterocycles. The zero-order valence-corrected chi connectivity index (χ0v) is 13.6. The van der Waals surface area contributed by atoms with E-state index >= 15 is 0 Å². The number of imidazole rings is 1. The van der Waals surface area contributed by atoms with E-state index < -0.39 is 0 Å². The number of rotatable bonds is 2. The van der Waals surface area contributed by atoms with Crippen molar-refractivity contribution in [3.05, 3.63) is 34.5 Å². The first kappa shape index (κ1) is 13.6. The van der Waals surface area contributed by atoms with Gasteiger partial charge in [0, 0.05) is 23.9 Å². The smallest absolute Gasteiger partial charge is 0.164 e. The van der Waals surface area contributed by atoms with Crippen LogP contribution in [0.4, 0.5) is 0 Å². The summed E-state index contributed by atoms with van der Waals surface area (Å²) in [5, 5.41) is 4.16. The molecular weight excluding hydrogens is 342 g/mol. The predicted molar refractivity (Wildman–Crippen MR) is 82.3 cm³/mol. The number of fused-ring (bicyclic) bond motifs is 1. The Labute approximate surface area is 129 Å². The molecule has 0 bridgehead atoms. The van der Waals surface area contributed by atoms with E-state index in [1.54, 1.807) is 10.9 Å². The predicted octanol–water partition coefficient (Wildman–Crippen LogP) is 3.52. The van der Waals surface area contributed by atoms with Crippen LogP contribution in [0, 0.1) is 6.92 Å². The maximum Gasteiger partial charge on any atom is 0.164 e. The molecule has 0 spiro atoms. The van der Waals surface area contributed by atoms with Crippen LogP contribution in [0.25, 0.3) is 16.9 Å². The van der Waals surface area contributed by atoms with Crippen LogP contribution in [0.5, 0.6) is 0 Å². The van der Waals surface area contributed by atoms with Crippen molar-refractivity contribution >= 4 is 38.7 Å². The average molecular weight is 355 g/mol. The molecule has 0 fully saturated rings. The number of hydrogen-bond donors (Lipinski definition) is 0. The highest BCUT2D eigenvalue weighted by atomic mass is 79.9. The molecule has 3 aromatic rings. The van der Waals surface area contributed by atoms with Gasteiger partial charge in [0.05, 0.1) is 16.8 Å². The van der Waals surface area contributed by atoms with E-state index in [0.29, 0.717) is 0 Å². The summed E-state index contributed by atoms with van der Waals surface area (Å²) in [6.45, 7) is 3.86. The molecule has 3 heterocycles. The second-order valence-electron chi connectivity index (χ2n) is 4.69. The standard InChI is InChI=1S/C13H13BrClN5/c1-7(15)12-17-10-4-9(14)5-16-13(10)20(12)11-6-19(3)18-8(11)2/h4-7H,1-3H3. The van der Waals surface area contributed by atoms with E-state index in [1.807, 2.05) is 37.7 Å². The Bertz CT molecular complexity index is 790. The molecule has 3 rings (SSSR count). The maximum absolute atomic E-state index is 6.28. The molecule has 0 saturated heterocycles. The Morgan fingerprint density at radius 2 is 2.15 bits per heavy atom. The second-order valence-corrected chi connectivity index (χ2v) is 6.26. The monoisotopic (exact) mass is 353 g/mol. The molecule has 0 aliphatic rings. The van der Waals surface area contributed by atoms with Gasteiger partial charge in [-0.05, 0) is 35.8 Å². The van der Waals surface area contributed by atoms with E-state index in [9.17, 15) is 0 Å². The lowest BCUT2D eigenvalue weighted by Gasteiger charge is -2.08. The van der Waals surface area contributed by atoms with Gasteiger partial charge in [-0.1, -0.05) is 0 Å². The Morgan fingerprint density at radius 3 is 2.75 bits per heavy atom. The van der Waals surface area contributed by atoms with Crippen molar-refractivity contribution in [2.45, 2.75) is 19.2 Å². The number of alkyl halides is 1. The summed E-state index contributed by atoms with van der Waals surface area (Å²) in [6, 6.07) is 1.94. The lowest BCUT2D eigenvalue weighted by atomic mass is 10.3. The highest BCUT2D eigenvalue weighted by molar-refractivity contribution is 9.10. The van der Waals surface area contributed by atoms with Crippen LogP contribution >= 0.6 is 27.5 Å². The quantitative estimate of drug-likeness (QED) is 0.662. The van der Waals surface area contributed by atoms with Crippen LogP contribution in [-0.4, -0.2) is 24.3 Å². The van der Waals surface area contributed by atoms with Crippen LogP contribution in [0.1, 0.15) is 23.8 Å². The zero-order valence-electron chi connectivity index (χ0n) is 11.3. The van der Waals surface area contributed by atoms with Crippen LogP contribution in [-0.2, 0) is 7.05 Å². The van der Waals surface area contributed by atoms with Gasteiger partial charge in [0.2, 0.25) is 0 Å². The third-order valence-corrected chi connectivity index (χ3v) is 3.70. The Balaban J connectivity index is 2.37.